The molecule has 2 atom stereocenters. The van der Waals surface area contributed by atoms with Gasteiger partial charge in [0.2, 0.25) is 0 Å². The van der Waals surface area contributed by atoms with Gasteiger partial charge >= 0.3 is 6.18 Å². The van der Waals surface area contributed by atoms with Crippen molar-refractivity contribution in [1.29, 1.82) is 0 Å². The normalized spacial score (nSPS) is 24.0. The van der Waals surface area contributed by atoms with E-state index in [1.807, 2.05) is 12.1 Å². The van der Waals surface area contributed by atoms with Crippen molar-refractivity contribution in [3.8, 4) is 5.75 Å². The molecule has 0 saturated carbocycles. The lowest BCUT2D eigenvalue weighted by atomic mass is 9.70. The molecule has 3 heterocycles. The van der Waals surface area contributed by atoms with Crippen LogP contribution in [0.1, 0.15) is 41.0 Å². The quantitative estimate of drug-likeness (QED) is 0.442. The first-order valence-corrected chi connectivity index (χ1v) is 12.3. The van der Waals surface area contributed by atoms with Gasteiger partial charge in [0.05, 0.1) is 12.7 Å². The summed E-state index contributed by atoms with van der Waals surface area (Å²) in [5.74, 6) is 1.13. The number of rotatable bonds is 7. The van der Waals surface area contributed by atoms with E-state index < -0.39 is 11.7 Å². The monoisotopic (exact) mass is 480 g/mol. The van der Waals surface area contributed by atoms with Gasteiger partial charge in [-0.1, -0.05) is 60.7 Å². The van der Waals surface area contributed by atoms with E-state index in [2.05, 4.69) is 58.7 Å². The van der Waals surface area contributed by atoms with Crippen molar-refractivity contribution in [2.45, 2.75) is 43.6 Å². The molecule has 184 valence electrons. The number of halogens is 3. The second kappa shape index (κ2) is 10.0. The van der Waals surface area contributed by atoms with E-state index in [0.29, 0.717) is 23.8 Å². The Kier molecular flexibility index (Phi) is 6.85. The molecule has 35 heavy (non-hydrogen) atoms. The van der Waals surface area contributed by atoms with Crippen LogP contribution in [0.5, 0.6) is 5.75 Å². The Bertz CT molecular complexity index is 1070. The van der Waals surface area contributed by atoms with Crippen LogP contribution < -0.4 is 10.1 Å². The van der Waals surface area contributed by atoms with E-state index in [-0.39, 0.29) is 18.0 Å². The zero-order chi connectivity index (χ0) is 24.4. The maximum absolute atomic E-state index is 13.4. The summed E-state index contributed by atoms with van der Waals surface area (Å²) in [5.41, 5.74) is 2.42. The lowest BCUT2D eigenvalue weighted by Gasteiger charge is -2.54. The second-order valence-corrected chi connectivity index (χ2v) is 9.59. The number of nitrogens with one attached hydrogen (secondary N) is 1. The number of fused-ring (bicyclic) bond motifs is 3. The van der Waals surface area contributed by atoms with Crippen LogP contribution in [0.4, 0.5) is 13.2 Å². The van der Waals surface area contributed by atoms with E-state index in [0.717, 1.165) is 32.0 Å². The van der Waals surface area contributed by atoms with E-state index in [4.69, 9.17) is 4.74 Å². The van der Waals surface area contributed by atoms with Crippen LogP contribution in [0.3, 0.4) is 0 Å². The molecule has 0 unspecified atom stereocenters. The number of piperidine rings is 3. The summed E-state index contributed by atoms with van der Waals surface area (Å²) < 4.78 is 45.6. The molecule has 0 amide bonds. The minimum absolute atomic E-state index is 0.155. The molecule has 3 nitrogen and oxygen atoms in total. The van der Waals surface area contributed by atoms with Gasteiger partial charge in [0.1, 0.15) is 5.75 Å². The smallest absolute Gasteiger partial charge is 0.416 e. The fourth-order valence-electron chi connectivity index (χ4n) is 6.02. The molecule has 0 aliphatic carbocycles. The fraction of sp³-hybridized carbons (Fsp3) is 0.379. The third-order valence-electron chi connectivity index (χ3n) is 7.67. The Balaban J connectivity index is 1.48. The summed E-state index contributed by atoms with van der Waals surface area (Å²) in [6, 6.07) is 25.2. The highest BCUT2D eigenvalue weighted by atomic mass is 19.4. The largest absolute Gasteiger partial charge is 0.496 e. The maximum Gasteiger partial charge on any atom is 0.416 e. The van der Waals surface area contributed by atoms with Gasteiger partial charge in [-0.2, -0.15) is 13.2 Å². The summed E-state index contributed by atoms with van der Waals surface area (Å²) in [6.07, 6.45) is -2.18. The average molecular weight is 481 g/mol. The van der Waals surface area contributed by atoms with Gasteiger partial charge in [-0.15, -0.1) is 0 Å². The van der Waals surface area contributed by atoms with Crippen LogP contribution in [-0.2, 0) is 12.7 Å². The molecule has 3 aliphatic rings. The van der Waals surface area contributed by atoms with Crippen LogP contribution in [0.25, 0.3) is 0 Å². The molecule has 0 radical (unpaired) electrons. The summed E-state index contributed by atoms with van der Waals surface area (Å²) in [5, 5.41) is 3.70. The molecule has 3 aromatic carbocycles. The van der Waals surface area contributed by atoms with Crippen molar-refractivity contribution >= 4 is 0 Å². The summed E-state index contributed by atoms with van der Waals surface area (Å²) >= 11 is 0. The molecule has 3 saturated heterocycles. The van der Waals surface area contributed by atoms with Crippen LogP contribution in [0, 0.1) is 5.92 Å². The van der Waals surface area contributed by atoms with Gasteiger partial charge in [0.15, 0.2) is 0 Å². The Morgan fingerprint density at radius 1 is 0.914 bits per heavy atom. The van der Waals surface area contributed by atoms with E-state index in [1.54, 1.807) is 0 Å². The summed E-state index contributed by atoms with van der Waals surface area (Å²) in [7, 11) is 1.50. The Labute approximate surface area is 204 Å². The lowest BCUT2D eigenvalue weighted by molar-refractivity contribution is -0.137. The van der Waals surface area contributed by atoms with Crippen molar-refractivity contribution in [2.24, 2.45) is 5.92 Å². The van der Waals surface area contributed by atoms with E-state index >= 15 is 0 Å². The highest BCUT2D eigenvalue weighted by Crippen LogP contribution is 2.42. The van der Waals surface area contributed by atoms with Gasteiger partial charge in [0.25, 0.3) is 0 Å². The van der Waals surface area contributed by atoms with Crippen LogP contribution in [0.15, 0.2) is 78.9 Å². The Hall–Kier alpha value is -2.83. The number of nitrogens with zero attached hydrogens (tertiary/aromatic N) is 1. The van der Waals surface area contributed by atoms with Gasteiger partial charge in [-0.3, -0.25) is 4.90 Å². The second-order valence-electron chi connectivity index (χ2n) is 9.59. The highest BCUT2D eigenvalue weighted by Gasteiger charge is 2.46. The Morgan fingerprint density at radius 3 is 2.06 bits per heavy atom. The number of alkyl halides is 3. The van der Waals surface area contributed by atoms with E-state index in [1.165, 1.54) is 30.4 Å². The molecule has 3 fully saturated rings. The maximum atomic E-state index is 13.4. The molecule has 1 N–H and O–H groups in total. The molecular weight excluding hydrogens is 449 g/mol. The Morgan fingerprint density at radius 2 is 1.51 bits per heavy atom. The molecule has 6 rings (SSSR count). The topological polar surface area (TPSA) is 24.5 Å². The van der Waals surface area contributed by atoms with Gasteiger partial charge < -0.3 is 10.1 Å². The van der Waals surface area contributed by atoms with Crippen LogP contribution in [0.2, 0.25) is 0 Å². The first kappa shape index (κ1) is 23.9. The molecule has 0 spiro atoms. The zero-order valence-corrected chi connectivity index (χ0v) is 19.8. The third kappa shape index (κ3) is 4.95. The van der Waals surface area contributed by atoms with Crippen LogP contribution >= 0.6 is 0 Å². The highest BCUT2D eigenvalue weighted by molar-refractivity contribution is 5.39. The fourth-order valence-corrected chi connectivity index (χ4v) is 6.02. The summed E-state index contributed by atoms with van der Waals surface area (Å²) in [6.45, 7) is 2.43. The minimum atomic E-state index is -4.38. The molecule has 0 aromatic heterocycles. The summed E-state index contributed by atoms with van der Waals surface area (Å²) in [4.78, 5) is 2.58. The van der Waals surface area contributed by atoms with Crippen molar-refractivity contribution in [3.05, 3.63) is 101 Å². The molecule has 3 aromatic rings. The first-order valence-electron chi connectivity index (χ1n) is 12.3. The predicted molar refractivity (Wildman–Crippen MR) is 131 cm³/mol. The van der Waals surface area contributed by atoms with Crippen molar-refractivity contribution < 1.29 is 17.9 Å². The standard InChI is InChI=1S/C29H31F3N2O/c1-35-25-13-12-24(29(30,31)32)18-23(25)19-33-27-22-14-16-34(17-15-22)28(27)26(20-8-4-2-5-9-20)21-10-6-3-7-11-21/h2-13,18,22,26-28,33H,14-17,19H2,1H3/t27-,28-/m1/s1. The number of ether oxygens (including phenoxy) is 1. The number of hydrogen-bond acceptors (Lipinski definition) is 3. The molecular formula is C29H31F3N2O. The van der Waals surface area contributed by atoms with Gasteiger partial charge in [-0.25, -0.2) is 0 Å². The van der Waals surface area contributed by atoms with Crippen LogP contribution in [-0.4, -0.2) is 37.2 Å². The minimum Gasteiger partial charge on any atom is -0.496 e. The predicted octanol–water partition coefficient (Wildman–Crippen LogP) is 6.10. The molecule has 6 heteroatoms. The number of benzene rings is 3. The van der Waals surface area contributed by atoms with Gasteiger partial charge in [0, 0.05) is 30.1 Å². The van der Waals surface area contributed by atoms with Gasteiger partial charge in [-0.05, 0) is 61.2 Å². The zero-order valence-electron chi connectivity index (χ0n) is 19.8. The molecule has 3 aliphatic heterocycles. The lowest BCUT2D eigenvalue weighted by Crippen LogP contribution is -2.64. The first-order chi connectivity index (χ1) is 17.0. The van der Waals surface area contributed by atoms with E-state index in [9.17, 15) is 13.2 Å². The van der Waals surface area contributed by atoms with Crippen molar-refractivity contribution in [3.63, 3.8) is 0 Å². The number of hydrogen-bond donors (Lipinski definition) is 1. The van der Waals surface area contributed by atoms with Crippen molar-refractivity contribution in [2.75, 3.05) is 20.2 Å². The average Bonchev–Trinajstić information content (AvgIpc) is 2.89. The molecule has 2 bridgehead atoms. The van der Waals surface area contributed by atoms with Crippen molar-refractivity contribution in [1.82, 2.24) is 10.2 Å². The number of methoxy groups -OCH3 is 1. The SMILES string of the molecule is COc1ccc(C(F)(F)F)cc1CN[C@@H]1C2CCN(CC2)[C@@H]1C(c1ccccc1)c1ccccc1. The third-order valence-corrected chi connectivity index (χ3v) is 7.67.